The molecule has 0 aromatic heterocycles. The van der Waals surface area contributed by atoms with Gasteiger partial charge in [-0.3, -0.25) is 0 Å². The third-order valence-corrected chi connectivity index (χ3v) is 2.41. The number of benzene rings is 1. The summed E-state index contributed by atoms with van der Waals surface area (Å²) >= 11 is 0. The molecule has 0 unspecified atom stereocenters. The molecule has 1 rings (SSSR count). The molecule has 0 spiro atoms. The highest BCUT2D eigenvalue weighted by Crippen LogP contribution is 2.52. The maximum Gasteiger partial charge on any atom is 0.707 e. The van der Waals surface area contributed by atoms with Crippen molar-refractivity contribution in [3.05, 3.63) is 28.3 Å². The van der Waals surface area contributed by atoms with E-state index in [0.717, 1.165) is 0 Å². The Kier molecular flexibility index (Phi) is 5.03. The van der Waals surface area contributed by atoms with Gasteiger partial charge in [0, 0.05) is 0 Å². The van der Waals surface area contributed by atoms with E-state index in [9.17, 15) is 48.3 Å². The normalized spacial score (nSPS) is 13.2. The van der Waals surface area contributed by atoms with E-state index in [0.29, 0.717) is 0 Å². The van der Waals surface area contributed by atoms with Crippen molar-refractivity contribution in [3.63, 3.8) is 0 Å². The molecule has 15 heteroatoms. The third-order valence-electron chi connectivity index (χ3n) is 2.41. The van der Waals surface area contributed by atoms with E-state index in [1.54, 1.807) is 0 Å². The summed E-state index contributed by atoms with van der Waals surface area (Å²) < 4.78 is 144. The highest BCUT2D eigenvalue weighted by molar-refractivity contribution is 6.33. The fourth-order valence-electron chi connectivity index (χ4n) is 1.70. The Morgan fingerprint density at radius 3 is 1.29 bits per heavy atom. The first-order chi connectivity index (χ1) is 10.5. The van der Waals surface area contributed by atoms with Gasteiger partial charge in [-0.2, -0.15) is 43.9 Å². The SMILES string of the molecule is OB(O)Oc1c(F)c(F)c(C(F)(F)F)c(C(F)(F)F)c1C(F)(F)F. The number of halogens is 11. The van der Waals surface area contributed by atoms with Crippen LogP contribution < -0.4 is 4.65 Å². The van der Waals surface area contributed by atoms with E-state index in [4.69, 9.17) is 10.0 Å². The van der Waals surface area contributed by atoms with Crippen molar-refractivity contribution in [2.45, 2.75) is 18.5 Å². The Morgan fingerprint density at radius 1 is 0.625 bits per heavy atom. The van der Waals surface area contributed by atoms with Crippen LogP contribution in [0.15, 0.2) is 0 Å². The second kappa shape index (κ2) is 5.95. The van der Waals surface area contributed by atoms with Crippen LogP contribution in [0.25, 0.3) is 0 Å². The molecule has 0 heterocycles. The largest absolute Gasteiger partial charge is 0.707 e. The molecule has 0 saturated heterocycles. The number of hydrogen-bond acceptors (Lipinski definition) is 3. The maximum atomic E-state index is 13.4. The van der Waals surface area contributed by atoms with Crippen LogP contribution >= 0.6 is 0 Å². The average Bonchev–Trinajstić information content (AvgIpc) is 2.29. The van der Waals surface area contributed by atoms with Crippen molar-refractivity contribution in [1.82, 2.24) is 0 Å². The highest BCUT2D eigenvalue weighted by atomic mass is 19.4. The Bertz CT molecular complexity index is 632. The van der Waals surface area contributed by atoms with E-state index >= 15 is 0 Å². The molecule has 0 fully saturated rings. The fraction of sp³-hybridized carbons (Fsp3) is 0.333. The van der Waals surface area contributed by atoms with E-state index in [1.807, 2.05) is 0 Å². The quantitative estimate of drug-likeness (QED) is 0.613. The molecule has 0 radical (unpaired) electrons. The van der Waals surface area contributed by atoms with Gasteiger partial charge in [0.2, 0.25) is 0 Å². The molecule has 1 aromatic carbocycles. The predicted molar refractivity (Wildman–Crippen MR) is 52.2 cm³/mol. The number of alkyl halides is 9. The molecule has 0 atom stereocenters. The topological polar surface area (TPSA) is 49.7 Å². The summed E-state index contributed by atoms with van der Waals surface area (Å²) in [7, 11) is -3.38. The average molecular weight is 378 g/mol. The molecule has 2 N–H and O–H groups in total. The second-order valence-electron chi connectivity index (χ2n) is 4.02. The summed E-state index contributed by atoms with van der Waals surface area (Å²) in [5.74, 6) is -9.26. The minimum Gasteiger partial charge on any atom is -0.509 e. The van der Waals surface area contributed by atoms with E-state index in [2.05, 4.69) is 4.65 Å². The lowest BCUT2D eigenvalue weighted by molar-refractivity contribution is -0.176. The van der Waals surface area contributed by atoms with Gasteiger partial charge in [0.25, 0.3) is 0 Å². The van der Waals surface area contributed by atoms with E-state index < -0.39 is 59.9 Å². The molecule has 0 aliphatic heterocycles. The van der Waals surface area contributed by atoms with Gasteiger partial charge in [0.05, 0.1) is 5.56 Å². The zero-order valence-electron chi connectivity index (χ0n) is 10.5. The van der Waals surface area contributed by atoms with Crippen molar-refractivity contribution in [2.75, 3.05) is 0 Å². The summed E-state index contributed by atoms with van der Waals surface area (Å²) in [6.07, 6.45) is -19.1. The van der Waals surface area contributed by atoms with Gasteiger partial charge in [0.15, 0.2) is 17.4 Å². The minimum absolute atomic E-state index is 2.78. The van der Waals surface area contributed by atoms with Gasteiger partial charge >= 0.3 is 25.9 Å². The van der Waals surface area contributed by atoms with Gasteiger partial charge in [-0.15, -0.1) is 0 Å². The minimum atomic E-state index is -6.44. The maximum absolute atomic E-state index is 13.4. The van der Waals surface area contributed by atoms with Crippen LogP contribution in [0.2, 0.25) is 0 Å². The summed E-state index contributed by atoms with van der Waals surface area (Å²) in [5, 5.41) is 16.6. The van der Waals surface area contributed by atoms with Gasteiger partial charge in [-0.05, 0) is 0 Å². The summed E-state index contributed by atoms with van der Waals surface area (Å²) in [5.41, 5.74) is -10.6. The molecule has 1 aromatic rings. The van der Waals surface area contributed by atoms with Crippen LogP contribution in [0.4, 0.5) is 48.3 Å². The number of rotatable bonds is 2. The van der Waals surface area contributed by atoms with E-state index in [1.165, 1.54) is 0 Å². The summed E-state index contributed by atoms with van der Waals surface area (Å²) in [4.78, 5) is 0. The fourth-order valence-corrected chi connectivity index (χ4v) is 1.70. The van der Waals surface area contributed by atoms with Gasteiger partial charge in [-0.25, -0.2) is 4.39 Å². The zero-order chi connectivity index (χ0) is 19.2. The molecular formula is C9H2BF11O3. The standard InChI is InChI=1S/C9H2BF11O3/c11-4-2(8(16,17)18)1(7(13,14)15)3(9(19,20)21)6(5(4)12)24-10(22)23/h22-23H. The van der Waals surface area contributed by atoms with Crippen LogP contribution in [0.5, 0.6) is 5.75 Å². The first kappa shape index (κ1) is 20.3. The van der Waals surface area contributed by atoms with Crippen LogP contribution in [0, 0.1) is 11.6 Å². The Labute approximate surface area is 124 Å². The molecular weight excluding hydrogens is 376 g/mol. The van der Waals surface area contributed by atoms with Crippen LogP contribution in [-0.2, 0) is 18.5 Å². The van der Waals surface area contributed by atoms with Crippen LogP contribution in [-0.4, -0.2) is 17.4 Å². The number of hydrogen-bond donors (Lipinski definition) is 2. The zero-order valence-corrected chi connectivity index (χ0v) is 10.5. The summed E-state index contributed by atoms with van der Waals surface area (Å²) in [6, 6.07) is 0. The molecule has 0 aliphatic carbocycles. The summed E-state index contributed by atoms with van der Waals surface area (Å²) in [6.45, 7) is 0. The van der Waals surface area contributed by atoms with Crippen molar-refractivity contribution < 1.29 is 63.0 Å². The van der Waals surface area contributed by atoms with Crippen LogP contribution in [0.1, 0.15) is 16.7 Å². The van der Waals surface area contributed by atoms with Gasteiger partial charge in [0.1, 0.15) is 11.1 Å². The molecule has 24 heavy (non-hydrogen) atoms. The highest BCUT2D eigenvalue weighted by Gasteiger charge is 2.55. The van der Waals surface area contributed by atoms with Crippen LogP contribution in [0.3, 0.4) is 0 Å². The van der Waals surface area contributed by atoms with Crippen molar-refractivity contribution in [1.29, 1.82) is 0 Å². The lowest BCUT2D eigenvalue weighted by atomic mass is 9.96. The molecule has 136 valence electrons. The first-order valence-electron chi connectivity index (χ1n) is 5.29. The van der Waals surface area contributed by atoms with Gasteiger partial charge < -0.3 is 14.7 Å². The Balaban J connectivity index is 4.16. The van der Waals surface area contributed by atoms with Crippen molar-refractivity contribution >= 4 is 7.32 Å². The molecule has 0 bridgehead atoms. The smallest absolute Gasteiger partial charge is 0.509 e. The van der Waals surface area contributed by atoms with Crippen molar-refractivity contribution in [2.24, 2.45) is 0 Å². The third kappa shape index (κ3) is 3.83. The molecule has 0 amide bonds. The molecule has 0 aliphatic rings. The Morgan fingerprint density at radius 2 is 1.00 bits per heavy atom. The first-order valence-corrected chi connectivity index (χ1v) is 5.29. The van der Waals surface area contributed by atoms with Crippen molar-refractivity contribution in [3.8, 4) is 5.75 Å². The lowest BCUT2D eigenvalue weighted by Gasteiger charge is -2.24. The van der Waals surface area contributed by atoms with E-state index in [-0.39, 0.29) is 0 Å². The Hall–Kier alpha value is -1.77. The second-order valence-corrected chi connectivity index (χ2v) is 4.02. The predicted octanol–water partition coefficient (Wildman–Crippen LogP) is 3.37. The lowest BCUT2D eigenvalue weighted by Crippen LogP contribution is -2.30. The van der Waals surface area contributed by atoms with Gasteiger partial charge in [-0.1, -0.05) is 0 Å². The molecule has 0 saturated carbocycles. The monoisotopic (exact) mass is 378 g/mol. The molecule has 3 nitrogen and oxygen atoms in total.